The Balaban J connectivity index is 2.16. The van der Waals surface area contributed by atoms with Crippen LogP contribution in [0, 0.1) is 5.92 Å². The molecule has 1 aromatic rings. The second-order valence-electron chi connectivity index (χ2n) is 7.01. The first-order valence-electron chi connectivity index (χ1n) is 8.87. The van der Waals surface area contributed by atoms with E-state index in [0.717, 1.165) is 0 Å². The molecule has 0 saturated heterocycles. The average molecular weight is 323 g/mol. The van der Waals surface area contributed by atoms with Gasteiger partial charge in [0, 0.05) is 6.42 Å². The van der Waals surface area contributed by atoms with Gasteiger partial charge < -0.3 is 0 Å². The van der Waals surface area contributed by atoms with Crippen molar-refractivity contribution < 1.29 is 0 Å². The largest absolute Gasteiger partial charge is 0.101 e. The lowest BCUT2D eigenvalue weighted by Gasteiger charge is -2.36. The fraction of sp³-hybridized carbons (Fsp3) is 0.364. The highest BCUT2D eigenvalue weighted by molar-refractivity contribution is 7.87. The first kappa shape index (κ1) is 16.5. The van der Waals surface area contributed by atoms with Crippen molar-refractivity contribution >= 4 is 12.6 Å². The molecular weight excluding hydrogens is 295 g/mol. The van der Waals surface area contributed by atoms with Crippen molar-refractivity contribution in [1.29, 1.82) is 0 Å². The summed E-state index contributed by atoms with van der Waals surface area (Å²) in [4.78, 5) is 0. The van der Waals surface area contributed by atoms with Crippen LogP contribution in [0.5, 0.6) is 0 Å². The predicted octanol–water partition coefficient (Wildman–Crippen LogP) is 6.10. The Kier molecular flexibility index (Phi) is 5.34. The molecule has 0 aromatic heterocycles. The summed E-state index contributed by atoms with van der Waals surface area (Å²) in [5, 5.41) is 3.21. The Morgan fingerprint density at radius 1 is 1.04 bits per heavy atom. The van der Waals surface area contributed by atoms with Crippen molar-refractivity contribution in [3.63, 3.8) is 0 Å². The van der Waals surface area contributed by atoms with Gasteiger partial charge in [-0.1, -0.05) is 56.4 Å². The molecule has 2 unspecified atom stereocenters. The molecule has 2 atom stereocenters. The summed E-state index contributed by atoms with van der Waals surface area (Å²) in [6.45, 7) is 4.76. The lowest BCUT2D eigenvalue weighted by atomic mass is 10.2. The monoisotopic (exact) mass is 323 g/mol. The maximum Gasteiger partial charge on any atom is 0.101 e. The molecule has 0 N–H and O–H groups in total. The molecule has 0 amide bonds. The topological polar surface area (TPSA) is 0 Å². The van der Waals surface area contributed by atoms with E-state index < -0.39 is 7.26 Å². The normalized spacial score (nSPS) is 22.9. The molecule has 1 aromatic carbocycles. The van der Waals surface area contributed by atoms with Crippen LogP contribution in [0.25, 0.3) is 0 Å². The Morgan fingerprint density at radius 3 is 2.48 bits per heavy atom. The summed E-state index contributed by atoms with van der Waals surface area (Å²) in [6, 6.07) is 11.4. The number of hydrogen-bond donors (Lipinski definition) is 0. The predicted molar refractivity (Wildman–Crippen MR) is 106 cm³/mol. The number of benzene rings is 1. The molecule has 2 aliphatic rings. The quantitative estimate of drug-likeness (QED) is 0.574. The Morgan fingerprint density at radius 2 is 1.87 bits per heavy atom. The molecule has 0 fully saturated rings. The van der Waals surface area contributed by atoms with Gasteiger partial charge in [0.2, 0.25) is 0 Å². The van der Waals surface area contributed by atoms with Gasteiger partial charge in [-0.2, -0.15) is 0 Å². The fourth-order valence-electron chi connectivity index (χ4n) is 3.94. The molecule has 0 nitrogen and oxygen atoms in total. The van der Waals surface area contributed by atoms with E-state index in [1.54, 1.807) is 10.6 Å². The maximum atomic E-state index is 2.54. The third-order valence-electron chi connectivity index (χ3n) is 4.83. The molecular formula is C22H28P+. The van der Waals surface area contributed by atoms with Crippen LogP contribution in [0.4, 0.5) is 0 Å². The summed E-state index contributed by atoms with van der Waals surface area (Å²) in [5.74, 6) is 0.707. The van der Waals surface area contributed by atoms with Crippen LogP contribution in [0.3, 0.4) is 0 Å². The molecule has 0 aliphatic heterocycles. The van der Waals surface area contributed by atoms with Crippen LogP contribution in [-0.4, -0.2) is 11.8 Å². The van der Waals surface area contributed by atoms with Crippen molar-refractivity contribution in [3.8, 4) is 0 Å². The van der Waals surface area contributed by atoms with Gasteiger partial charge in [-0.3, -0.25) is 0 Å². The van der Waals surface area contributed by atoms with Crippen LogP contribution < -0.4 is 5.30 Å². The van der Waals surface area contributed by atoms with Gasteiger partial charge in [0.1, 0.15) is 5.66 Å². The molecule has 0 spiro atoms. The second kappa shape index (κ2) is 7.45. The van der Waals surface area contributed by atoms with Crippen molar-refractivity contribution in [2.45, 2.75) is 38.8 Å². The van der Waals surface area contributed by atoms with E-state index in [9.17, 15) is 0 Å². The van der Waals surface area contributed by atoms with Crippen LogP contribution in [0.2, 0.25) is 0 Å². The van der Waals surface area contributed by atoms with Gasteiger partial charge in [-0.05, 0) is 49.1 Å². The van der Waals surface area contributed by atoms with Crippen LogP contribution in [0.15, 0.2) is 78.2 Å². The molecule has 3 rings (SSSR count). The number of allylic oxidation sites excluding steroid dienone is 8. The first-order valence-corrected chi connectivity index (χ1v) is 10.9. The lowest BCUT2D eigenvalue weighted by molar-refractivity contribution is 0.738. The SMILES string of the molecule is CC(C)C[P+](C1=CCCC=C1)(c1ccccc1)C1C=CC=CC1. The van der Waals surface area contributed by atoms with Gasteiger partial charge in [-0.25, -0.2) is 0 Å². The lowest BCUT2D eigenvalue weighted by Crippen LogP contribution is -2.28. The molecule has 23 heavy (non-hydrogen) atoms. The van der Waals surface area contributed by atoms with E-state index in [-0.39, 0.29) is 0 Å². The van der Waals surface area contributed by atoms with Gasteiger partial charge in [0.25, 0.3) is 0 Å². The summed E-state index contributed by atoms with van der Waals surface area (Å²) in [5.41, 5.74) is 0.645. The molecule has 0 bridgehead atoms. The highest BCUT2D eigenvalue weighted by atomic mass is 31.2. The second-order valence-corrected chi connectivity index (χ2v) is 10.8. The van der Waals surface area contributed by atoms with E-state index in [2.05, 4.69) is 86.7 Å². The van der Waals surface area contributed by atoms with Gasteiger partial charge >= 0.3 is 0 Å². The molecule has 120 valence electrons. The summed E-state index contributed by atoms with van der Waals surface area (Å²) >= 11 is 0. The van der Waals surface area contributed by atoms with E-state index >= 15 is 0 Å². The van der Waals surface area contributed by atoms with E-state index in [4.69, 9.17) is 0 Å². The van der Waals surface area contributed by atoms with Crippen LogP contribution in [-0.2, 0) is 0 Å². The minimum Gasteiger partial charge on any atom is -0.0803 e. The van der Waals surface area contributed by atoms with E-state index in [0.29, 0.717) is 11.6 Å². The molecule has 0 heterocycles. The highest BCUT2D eigenvalue weighted by Crippen LogP contribution is 2.71. The van der Waals surface area contributed by atoms with Crippen LogP contribution in [0.1, 0.15) is 33.1 Å². The van der Waals surface area contributed by atoms with Gasteiger partial charge in [0.05, 0.1) is 24.0 Å². The molecule has 0 saturated carbocycles. The summed E-state index contributed by atoms with van der Waals surface area (Å²) in [6.07, 6.45) is 21.5. The standard InChI is InChI=1S/C22H28P/c1-19(2)18-23(20-12-6-3-7-13-20,21-14-8-4-9-15-21)22-16-10-5-11-17-22/h3-4,6-10,12-14,16-17,19,21H,5,11,15,18H2,1-2H3/q+1. The molecule has 2 aliphatic carbocycles. The van der Waals surface area contributed by atoms with Crippen molar-refractivity contribution in [3.05, 3.63) is 78.2 Å². The highest BCUT2D eigenvalue weighted by Gasteiger charge is 2.49. The zero-order chi connectivity index (χ0) is 16.1. The van der Waals surface area contributed by atoms with Crippen LogP contribution >= 0.6 is 7.26 Å². The van der Waals surface area contributed by atoms with Crippen molar-refractivity contribution in [2.24, 2.45) is 5.92 Å². The Labute approximate surface area is 142 Å². The summed E-state index contributed by atoms with van der Waals surface area (Å²) in [7, 11) is -1.42. The van der Waals surface area contributed by atoms with Crippen molar-refractivity contribution in [2.75, 3.05) is 6.16 Å². The Bertz CT molecular complexity index is 633. The maximum absolute atomic E-state index is 2.54. The smallest absolute Gasteiger partial charge is 0.0803 e. The third kappa shape index (κ3) is 3.43. The minimum atomic E-state index is -1.42. The Hall–Kier alpha value is -1.39. The van der Waals surface area contributed by atoms with Gasteiger partial charge in [0.15, 0.2) is 0 Å². The molecule has 1 heteroatoms. The summed E-state index contributed by atoms with van der Waals surface area (Å²) < 4.78 is 0. The van der Waals surface area contributed by atoms with Crippen molar-refractivity contribution in [1.82, 2.24) is 0 Å². The fourth-order valence-corrected chi connectivity index (χ4v) is 9.25. The third-order valence-corrected chi connectivity index (χ3v) is 10.1. The number of hydrogen-bond acceptors (Lipinski definition) is 0. The number of rotatable bonds is 5. The van der Waals surface area contributed by atoms with E-state index in [1.807, 2.05) is 0 Å². The molecule has 0 radical (unpaired) electrons. The van der Waals surface area contributed by atoms with E-state index in [1.165, 1.54) is 25.4 Å². The zero-order valence-corrected chi connectivity index (χ0v) is 15.3. The van der Waals surface area contributed by atoms with Gasteiger partial charge in [-0.15, -0.1) is 0 Å². The zero-order valence-electron chi connectivity index (χ0n) is 14.4. The minimum absolute atomic E-state index is 0.645. The average Bonchev–Trinajstić information content (AvgIpc) is 2.62. The first-order chi connectivity index (χ1) is 11.2.